The number of likely N-dealkylation sites (tertiary alicyclic amines) is 1. The van der Waals surface area contributed by atoms with Gasteiger partial charge in [-0.15, -0.1) is 0 Å². The zero-order valence-corrected chi connectivity index (χ0v) is 15.5. The van der Waals surface area contributed by atoms with Crippen molar-refractivity contribution in [2.75, 3.05) is 13.7 Å². The third kappa shape index (κ3) is 6.02. The van der Waals surface area contributed by atoms with Gasteiger partial charge < -0.3 is 14.8 Å². The summed E-state index contributed by atoms with van der Waals surface area (Å²) in [5, 5.41) is 2.73. The van der Waals surface area contributed by atoms with E-state index in [0.717, 1.165) is 6.42 Å². The highest BCUT2D eigenvalue weighted by Gasteiger charge is 2.38. The SMILES string of the molecule is COC(=O)[C@H](CC(C)C)NC(=O)C1CCCN1C(=O)OC(C)(C)C. The third-order valence-electron chi connectivity index (χ3n) is 3.69. The fourth-order valence-electron chi connectivity index (χ4n) is 2.67. The van der Waals surface area contributed by atoms with E-state index in [9.17, 15) is 14.4 Å². The van der Waals surface area contributed by atoms with E-state index in [0.29, 0.717) is 19.4 Å². The average molecular weight is 342 g/mol. The van der Waals surface area contributed by atoms with Crippen LogP contribution in [-0.2, 0) is 19.1 Å². The summed E-state index contributed by atoms with van der Waals surface area (Å²) in [6.07, 6.45) is 1.27. The molecule has 1 aliphatic rings. The van der Waals surface area contributed by atoms with Gasteiger partial charge in [-0.2, -0.15) is 0 Å². The van der Waals surface area contributed by atoms with Gasteiger partial charge in [0.2, 0.25) is 5.91 Å². The van der Waals surface area contributed by atoms with Gasteiger partial charge in [-0.1, -0.05) is 13.8 Å². The Morgan fingerprint density at radius 1 is 1.25 bits per heavy atom. The predicted molar refractivity (Wildman–Crippen MR) is 89.4 cm³/mol. The summed E-state index contributed by atoms with van der Waals surface area (Å²) in [6, 6.07) is -1.32. The van der Waals surface area contributed by atoms with Crippen LogP contribution < -0.4 is 5.32 Å². The van der Waals surface area contributed by atoms with Crippen molar-refractivity contribution >= 4 is 18.0 Å². The molecule has 1 fully saturated rings. The largest absolute Gasteiger partial charge is 0.467 e. The van der Waals surface area contributed by atoms with Crippen molar-refractivity contribution < 1.29 is 23.9 Å². The lowest BCUT2D eigenvalue weighted by Gasteiger charge is -2.29. The Labute approximate surface area is 144 Å². The quantitative estimate of drug-likeness (QED) is 0.773. The van der Waals surface area contributed by atoms with Crippen LogP contribution in [0.5, 0.6) is 0 Å². The Hall–Kier alpha value is -1.79. The molecule has 7 heteroatoms. The molecule has 0 aromatic carbocycles. The Morgan fingerprint density at radius 2 is 1.88 bits per heavy atom. The first-order valence-corrected chi connectivity index (χ1v) is 8.43. The average Bonchev–Trinajstić information content (AvgIpc) is 2.92. The monoisotopic (exact) mass is 342 g/mol. The normalized spacial score (nSPS) is 19.1. The van der Waals surface area contributed by atoms with Crippen LogP contribution in [0.1, 0.15) is 53.9 Å². The molecule has 1 saturated heterocycles. The summed E-state index contributed by atoms with van der Waals surface area (Å²) in [7, 11) is 1.30. The van der Waals surface area contributed by atoms with Crippen molar-refractivity contribution in [1.29, 1.82) is 0 Å². The highest BCUT2D eigenvalue weighted by atomic mass is 16.6. The number of nitrogens with zero attached hydrogens (tertiary/aromatic N) is 1. The molecule has 0 aliphatic carbocycles. The highest BCUT2D eigenvalue weighted by molar-refractivity contribution is 5.90. The minimum absolute atomic E-state index is 0.222. The number of hydrogen-bond acceptors (Lipinski definition) is 5. The topological polar surface area (TPSA) is 84.9 Å². The molecule has 1 N–H and O–H groups in total. The molecular weight excluding hydrogens is 312 g/mol. The van der Waals surface area contributed by atoms with Gasteiger partial charge >= 0.3 is 12.1 Å². The first kappa shape index (κ1) is 20.3. The van der Waals surface area contributed by atoms with Crippen molar-refractivity contribution in [1.82, 2.24) is 10.2 Å². The minimum Gasteiger partial charge on any atom is -0.467 e. The second-order valence-electron chi connectivity index (χ2n) is 7.55. The summed E-state index contributed by atoms with van der Waals surface area (Å²) in [5.74, 6) is -0.590. The van der Waals surface area contributed by atoms with Crippen LogP contribution in [-0.4, -0.2) is 54.2 Å². The molecule has 1 aliphatic heterocycles. The number of ether oxygens (including phenoxy) is 2. The third-order valence-corrected chi connectivity index (χ3v) is 3.69. The van der Waals surface area contributed by atoms with Crippen molar-refractivity contribution in [3.05, 3.63) is 0 Å². The molecule has 0 aromatic heterocycles. The van der Waals surface area contributed by atoms with Crippen molar-refractivity contribution in [2.24, 2.45) is 5.92 Å². The molecule has 0 saturated carbocycles. The maximum Gasteiger partial charge on any atom is 0.410 e. The van der Waals surface area contributed by atoms with Crippen LogP contribution in [0.4, 0.5) is 4.79 Å². The number of carbonyl (C=O) groups excluding carboxylic acids is 3. The van der Waals surface area contributed by atoms with E-state index < -0.39 is 29.7 Å². The van der Waals surface area contributed by atoms with Crippen molar-refractivity contribution in [2.45, 2.75) is 71.6 Å². The Balaban J connectivity index is 2.76. The summed E-state index contributed by atoms with van der Waals surface area (Å²) >= 11 is 0. The number of hydrogen-bond donors (Lipinski definition) is 1. The number of carbonyl (C=O) groups is 3. The van der Waals surface area contributed by atoms with E-state index in [1.54, 1.807) is 20.8 Å². The summed E-state index contributed by atoms with van der Waals surface area (Å²) in [4.78, 5) is 38.1. The molecular formula is C17H30N2O5. The molecule has 1 heterocycles. The zero-order chi connectivity index (χ0) is 18.5. The lowest BCUT2D eigenvalue weighted by Crippen LogP contribution is -2.52. The van der Waals surface area contributed by atoms with E-state index in [1.807, 2.05) is 13.8 Å². The van der Waals surface area contributed by atoms with Gasteiger partial charge in [0.1, 0.15) is 17.7 Å². The fourth-order valence-corrected chi connectivity index (χ4v) is 2.67. The number of methoxy groups -OCH3 is 1. The van der Waals surface area contributed by atoms with Crippen LogP contribution in [0.2, 0.25) is 0 Å². The predicted octanol–water partition coefficient (Wildman–Crippen LogP) is 2.09. The van der Waals surface area contributed by atoms with Gasteiger partial charge in [-0.3, -0.25) is 9.69 Å². The first-order chi connectivity index (χ1) is 11.0. The van der Waals surface area contributed by atoms with Crippen LogP contribution >= 0.6 is 0 Å². The van der Waals surface area contributed by atoms with Gasteiger partial charge in [-0.25, -0.2) is 9.59 Å². The van der Waals surface area contributed by atoms with E-state index in [-0.39, 0.29) is 11.8 Å². The minimum atomic E-state index is -0.705. The molecule has 138 valence electrons. The van der Waals surface area contributed by atoms with Gasteiger partial charge in [0.15, 0.2) is 0 Å². The lowest BCUT2D eigenvalue weighted by molar-refractivity contribution is -0.146. The fraction of sp³-hybridized carbons (Fsp3) is 0.824. The highest BCUT2D eigenvalue weighted by Crippen LogP contribution is 2.21. The van der Waals surface area contributed by atoms with Gasteiger partial charge in [0, 0.05) is 6.54 Å². The van der Waals surface area contributed by atoms with E-state index in [1.165, 1.54) is 12.0 Å². The molecule has 0 spiro atoms. The van der Waals surface area contributed by atoms with Gasteiger partial charge in [0.25, 0.3) is 0 Å². The zero-order valence-electron chi connectivity index (χ0n) is 15.5. The summed E-state index contributed by atoms with van der Waals surface area (Å²) in [6.45, 7) is 9.75. The maximum absolute atomic E-state index is 12.6. The van der Waals surface area contributed by atoms with E-state index in [4.69, 9.17) is 9.47 Å². The number of rotatable bonds is 5. The first-order valence-electron chi connectivity index (χ1n) is 8.43. The molecule has 0 aromatic rings. The molecule has 1 rings (SSSR count). The smallest absolute Gasteiger partial charge is 0.410 e. The van der Waals surface area contributed by atoms with Crippen molar-refractivity contribution in [3.63, 3.8) is 0 Å². The van der Waals surface area contributed by atoms with E-state index >= 15 is 0 Å². The molecule has 0 radical (unpaired) electrons. The second-order valence-corrected chi connectivity index (χ2v) is 7.55. The Bertz CT molecular complexity index is 470. The summed E-state index contributed by atoms with van der Waals surface area (Å²) < 4.78 is 10.1. The second kappa shape index (κ2) is 8.35. The molecule has 7 nitrogen and oxygen atoms in total. The van der Waals surface area contributed by atoms with Crippen molar-refractivity contribution in [3.8, 4) is 0 Å². The molecule has 1 unspecified atom stereocenters. The lowest BCUT2D eigenvalue weighted by atomic mass is 10.0. The number of nitrogens with one attached hydrogen (secondary N) is 1. The van der Waals surface area contributed by atoms with Gasteiger partial charge in [0.05, 0.1) is 7.11 Å². The van der Waals surface area contributed by atoms with Crippen LogP contribution in [0.3, 0.4) is 0 Å². The van der Waals surface area contributed by atoms with Crippen LogP contribution in [0.25, 0.3) is 0 Å². The number of amides is 2. The maximum atomic E-state index is 12.6. The Kier molecular flexibility index (Phi) is 7.05. The molecule has 2 amide bonds. The van der Waals surface area contributed by atoms with Crippen LogP contribution in [0.15, 0.2) is 0 Å². The number of esters is 1. The standard InChI is InChI=1S/C17H30N2O5/c1-11(2)10-12(15(21)23-6)18-14(20)13-8-7-9-19(13)16(22)24-17(3,4)5/h11-13H,7-10H2,1-6H3,(H,18,20)/t12-,13?/m0/s1. The molecule has 0 bridgehead atoms. The van der Waals surface area contributed by atoms with E-state index in [2.05, 4.69) is 5.32 Å². The molecule has 2 atom stereocenters. The Morgan fingerprint density at radius 3 is 2.38 bits per heavy atom. The molecule has 24 heavy (non-hydrogen) atoms. The summed E-state index contributed by atoms with van der Waals surface area (Å²) in [5.41, 5.74) is -0.618. The van der Waals surface area contributed by atoms with Crippen LogP contribution in [0, 0.1) is 5.92 Å². The van der Waals surface area contributed by atoms with Gasteiger partial charge in [-0.05, 0) is 46.0 Å².